The lowest BCUT2D eigenvalue weighted by molar-refractivity contribution is 0.449. The molecule has 2 N–H and O–H groups in total. The van der Waals surface area contributed by atoms with Crippen LogP contribution in [0.1, 0.15) is 30.6 Å². The quantitative estimate of drug-likeness (QED) is 0.142. The molecule has 9 aromatic rings. The summed E-state index contributed by atoms with van der Waals surface area (Å²) in [6.45, 7) is 2.82. The van der Waals surface area contributed by atoms with Crippen molar-refractivity contribution in [2.24, 2.45) is 0 Å². The van der Waals surface area contributed by atoms with E-state index in [9.17, 15) is 0 Å². The molecule has 52 heavy (non-hydrogen) atoms. The largest absolute Gasteiger partial charge is 0.366 e. The summed E-state index contributed by atoms with van der Waals surface area (Å²) < 4.78 is 4.78. The molecule has 0 fully saturated rings. The van der Waals surface area contributed by atoms with Crippen LogP contribution in [0.25, 0.3) is 66.1 Å². The molecule has 0 amide bonds. The monoisotopic (exact) mass is 672 g/mol. The number of para-hydroxylation sites is 3. The lowest BCUT2D eigenvalue weighted by Crippen LogP contribution is -2.34. The molecule has 1 unspecified atom stereocenters. The van der Waals surface area contributed by atoms with Crippen molar-refractivity contribution in [3.8, 4) is 16.8 Å². The number of aromatic nitrogens is 2. The van der Waals surface area contributed by atoms with E-state index >= 15 is 0 Å². The van der Waals surface area contributed by atoms with Crippen LogP contribution in [0.5, 0.6) is 0 Å². The van der Waals surface area contributed by atoms with E-state index in [-0.39, 0.29) is 6.17 Å². The van der Waals surface area contributed by atoms with Crippen molar-refractivity contribution in [3.63, 3.8) is 0 Å². The molecule has 0 saturated heterocycles. The predicted octanol–water partition coefficient (Wildman–Crippen LogP) is 11.8. The Morgan fingerprint density at radius 2 is 1.06 bits per heavy atom. The fourth-order valence-electron chi connectivity index (χ4n) is 7.73. The summed E-state index contributed by atoms with van der Waals surface area (Å²) >= 11 is 0. The van der Waals surface area contributed by atoms with Crippen molar-refractivity contribution in [2.45, 2.75) is 26.2 Å². The third kappa shape index (κ3) is 5.73. The van der Waals surface area contributed by atoms with Gasteiger partial charge in [0.2, 0.25) is 0 Å². The van der Waals surface area contributed by atoms with Gasteiger partial charge in [0.05, 0.1) is 28.7 Å². The normalized spacial score (nSPS) is 12.6. The Hall–Kier alpha value is -6.36. The van der Waals surface area contributed by atoms with Gasteiger partial charge in [-0.2, -0.15) is 0 Å². The van der Waals surface area contributed by atoms with Crippen molar-refractivity contribution >= 4 is 49.3 Å². The summed E-state index contributed by atoms with van der Waals surface area (Å²) in [5.74, 6) is 0. The van der Waals surface area contributed by atoms with Gasteiger partial charge in [-0.15, -0.1) is 0 Å². The van der Waals surface area contributed by atoms with E-state index < -0.39 is 0 Å². The third-order valence-corrected chi connectivity index (χ3v) is 10.2. The van der Waals surface area contributed by atoms with Crippen molar-refractivity contribution in [3.05, 3.63) is 193 Å². The Labute approximate surface area is 304 Å². The van der Waals surface area contributed by atoms with E-state index in [4.69, 9.17) is 0 Å². The topological polar surface area (TPSA) is 33.9 Å². The van der Waals surface area contributed by atoms with Gasteiger partial charge in [0.25, 0.3) is 0 Å². The Kier molecular flexibility index (Phi) is 8.36. The molecule has 9 rings (SSSR count). The molecule has 0 radical (unpaired) electrons. The van der Waals surface area contributed by atoms with Gasteiger partial charge in [-0.1, -0.05) is 140 Å². The summed E-state index contributed by atoms with van der Waals surface area (Å²) in [6, 6.07) is 63.2. The van der Waals surface area contributed by atoms with Crippen LogP contribution in [0.2, 0.25) is 0 Å². The minimum atomic E-state index is -0.0977. The molecule has 4 heteroatoms. The molecule has 252 valence electrons. The highest BCUT2D eigenvalue weighted by molar-refractivity contribution is 6.12. The zero-order valence-corrected chi connectivity index (χ0v) is 29.2. The van der Waals surface area contributed by atoms with Crippen LogP contribution in [0, 0.1) is 0 Å². The Morgan fingerprint density at radius 1 is 0.538 bits per heavy atom. The van der Waals surface area contributed by atoms with Crippen LogP contribution in [0.15, 0.2) is 182 Å². The molecule has 0 spiro atoms. The molecule has 0 saturated carbocycles. The average molecular weight is 673 g/mol. The highest BCUT2D eigenvalue weighted by Gasteiger charge is 2.17. The van der Waals surface area contributed by atoms with Crippen LogP contribution >= 0.6 is 0 Å². The van der Waals surface area contributed by atoms with Gasteiger partial charge in [0.1, 0.15) is 6.17 Å². The molecular weight excluding hydrogens is 633 g/mol. The number of hydrogen-bond donors (Lipinski definition) is 2. The SMILES string of the molecule is CC/C=C(/NC(NCn1c2ccccc2c2cc(-c3ccc4c(c3)c3ccccc3n4-c3ccccc3)ccc21)c1ccccc1)c1ccccc1. The minimum absolute atomic E-state index is 0.0977. The smallest absolute Gasteiger partial charge is 0.105 e. The summed E-state index contributed by atoms with van der Waals surface area (Å²) in [4.78, 5) is 0. The second kappa shape index (κ2) is 13.7. The van der Waals surface area contributed by atoms with E-state index in [2.05, 4.69) is 209 Å². The highest BCUT2D eigenvalue weighted by Crippen LogP contribution is 2.37. The Bertz CT molecular complexity index is 2690. The van der Waals surface area contributed by atoms with Gasteiger partial charge in [-0.25, -0.2) is 0 Å². The first-order valence-corrected chi connectivity index (χ1v) is 18.2. The Balaban J connectivity index is 1.10. The molecule has 0 aliphatic heterocycles. The van der Waals surface area contributed by atoms with Crippen LogP contribution in [-0.4, -0.2) is 9.13 Å². The van der Waals surface area contributed by atoms with E-state index in [1.807, 2.05) is 0 Å². The predicted molar refractivity (Wildman–Crippen MR) is 219 cm³/mol. The van der Waals surface area contributed by atoms with Crippen LogP contribution in [0.3, 0.4) is 0 Å². The van der Waals surface area contributed by atoms with Gasteiger partial charge < -0.3 is 14.5 Å². The molecule has 0 bridgehead atoms. The van der Waals surface area contributed by atoms with Crippen molar-refractivity contribution < 1.29 is 0 Å². The van der Waals surface area contributed by atoms with Crippen LogP contribution < -0.4 is 10.6 Å². The average Bonchev–Trinajstić information content (AvgIpc) is 3.72. The van der Waals surface area contributed by atoms with Crippen molar-refractivity contribution in [1.29, 1.82) is 0 Å². The lowest BCUT2D eigenvalue weighted by Gasteiger charge is -2.25. The number of rotatable bonds is 10. The van der Waals surface area contributed by atoms with E-state index in [0.717, 1.165) is 12.1 Å². The fraction of sp³-hybridized carbons (Fsp3) is 0.0833. The maximum absolute atomic E-state index is 3.89. The summed E-state index contributed by atoms with van der Waals surface area (Å²) in [5.41, 5.74) is 11.9. The van der Waals surface area contributed by atoms with Gasteiger partial charge in [0, 0.05) is 32.9 Å². The van der Waals surface area contributed by atoms with Crippen molar-refractivity contribution in [1.82, 2.24) is 19.8 Å². The standard InChI is InChI=1S/C48H40N4/c1-2-16-43(34-17-6-3-7-18-34)50-48(35-19-8-4-9-20-35)49-33-51-44-25-14-12-23-39(44)41-31-36(27-29-45(41)51)37-28-30-47-42(32-37)40-24-13-15-26-46(40)52(47)38-21-10-5-11-22-38/h3-32,48-50H,2,33H2,1H3/b43-16+. The maximum Gasteiger partial charge on any atom is 0.105 e. The summed E-state index contributed by atoms with van der Waals surface area (Å²) in [7, 11) is 0. The van der Waals surface area contributed by atoms with Gasteiger partial charge in [-0.3, -0.25) is 5.32 Å². The molecular formula is C48H40N4. The Morgan fingerprint density at radius 3 is 1.75 bits per heavy atom. The van der Waals surface area contributed by atoms with Crippen molar-refractivity contribution in [2.75, 3.05) is 0 Å². The third-order valence-electron chi connectivity index (χ3n) is 10.2. The van der Waals surface area contributed by atoms with Crippen LogP contribution in [-0.2, 0) is 6.67 Å². The first-order chi connectivity index (χ1) is 25.8. The fourth-order valence-corrected chi connectivity index (χ4v) is 7.73. The number of nitrogens with zero attached hydrogens (tertiary/aromatic N) is 2. The lowest BCUT2D eigenvalue weighted by atomic mass is 10.0. The van der Waals surface area contributed by atoms with Crippen LogP contribution in [0.4, 0.5) is 0 Å². The molecule has 2 heterocycles. The van der Waals surface area contributed by atoms with Gasteiger partial charge in [0.15, 0.2) is 0 Å². The maximum atomic E-state index is 3.89. The van der Waals surface area contributed by atoms with E-state index in [0.29, 0.717) is 6.67 Å². The van der Waals surface area contributed by atoms with E-state index in [1.165, 1.54) is 71.6 Å². The minimum Gasteiger partial charge on any atom is -0.366 e. The zero-order chi connectivity index (χ0) is 34.9. The number of benzene rings is 7. The first kappa shape index (κ1) is 31.6. The van der Waals surface area contributed by atoms with Gasteiger partial charge >= 0.3 is 0 Å². The molecule has 2 aromatic heterocycles. The summed E-state index contributed by atoms with van der Waals surface area (Å²) in [6.07, 6.45) is 3.11. The molecule has 7 aromatic carbocycles. The molecule has 0 aliphatic carbocycles. The molecule has 0 aliphatic rings. The zero-order valence-electron chi connectivity index (χ0n) is 29.2. The first-order valence-electron chi connectivity index (χ1n) is 18.2. The van der Waals surface area contributed by atoms with Gasteiger partial charge in [-0.05, 0) is 77.2 Å². The second-order valence-corrected chi connectivity index (χ2v) is 13.3. The number of hydrogen-bond acceptors (Lipinski definition) is 2. The van der Waals surface area contributed by atoms with E-state index in [1.54, 1.807) is 0 Å². The highest BCUT2D eigenvalue weighted by atomic mass is 15.2. The summed E-state index contributed by atoms with van der Waals surface area (Å²) in [5, 5.41) is 12.8. The number of allylic oxidation sites excluding steroid dienone is 1. The second-order valence-electron chi connectivity index (χ2n) is 13.3. The molecule has 1 atom stereocenters. The number of fused-ring (bicyclic) bond motifs is 6. The molecule has 4 nitrogen and oxygen atoms in total. The number of nitrogens with one attached hydrogen (secondary N) is 2.